The third kappa shape index (κ3) is 4.62. The van der Waals surface area contributed by atoms with Crippen LogP contribution in [0.5, 0.6) is 0 Å². The maximum absolute atomic E-state index is 11.5. The Kier molecular flexibility index (Phi) is 4.95. The Labute approximate surface area is 109 Å². The summed E-state index contributed by atoms with van der Waals surface area (Å²) in [6, 6.07) is 7.70. The van der Waals surface area contributed by atoms with Crippen molar-refractivity contribution in [2.75, 3.05) is 5.32 Å². The summed E-state index contributed by atoms with van der Waals surface area (Å²) in [5.41, 5.74) is 2.18. The molecule has 0 spiro atoms. The van der Waals surface area contributed by atoms with Crippen LogP contribution in [0.4, 0.5) is 10.5 Å². The molecule has 2 amide bonds. The number of hydrogen-bond donors (Lipinski definition) is 2. The van der Waals surface area contributed by atoms with Gasteiger partial charge in [-0.25, -0.2) is 4.79 Å². The van der Waals surface area contributed by atoms with E-state index in [9.17, 15) is 4.79 Å². The molecule has 1 aromatic rings. The Bertz CT molecular complexity index is 413. The second kappa shape index (κ2) is 6.24. The van der Waals surface area contributed by atoms with Gasteiger partial charge in [0, 0.05) is 11.9 Å². The molecule has 0 aliphatic carbocycles. The van der Waals surface area contributed by atoms with Crippen molar-refractivity contribution in [3.05, 3.63) is 42.1 Å². The number of anilines is 1. The first-order valence-electron chi connectivity index (χ1n) is 6.26. The van der Waals surface area contributed by atoms with Crippen molar-refractivity contribution in [1.82, 2.24) is 5.32 Å². The minimum Gasteiger partial charge on any atom is -0.315 e. The molecule has 0 atom stereocenters. The Morgan fingerprint density at radius 1 is 1.22 bits per heavy atom. The van der Waals surface area contributed by atoms with Gasteiger partial charge in [0.05, 0.1) is 0 Å². The largest absolute Gasteiger partial charge is 0.323 e. The number of amides is 2. The summed E-state index contributed by atoms with van der Waals surface area (Å²) in [6.07, 6.45) is 4.45. The zero-order valence-electron chi connectivity index (χ0n) is 11.6. The van der Waals surface area contributed by atoms with Crippen LogP contribution < -0.4 is 10.6 Å². The summed E-state index contributed by atoms with van der Waals surface area (Å²) >= 11 is 0. The van der Waals surface area contributed by atoms with Crippen LogP contribution in [0.2, 0.25) is 0 Å². The highest BCUT2D eigenvalue weighted by Gasteiger charge is 2.12. The predicted molar refractivity (Wildman–Crippen MR) is 76.7 cm³/mol. The Morgan fingerprint density at radius 3 is 2.33 bits per heavy atom. The Morgan fingerprint density at radius 2 is 1.83 bits per heavy atom. The molecule has 0 aromatic heterocycles. The standard InChI is InChI=1S/C15H22N2O/c1-5-6-11-16-14(18)17-13-9-7-12(8-10-13)15(2,3)4/h6-11H,5H2,1-4H3,(H2,16,17,18)/b11-6+. The molecule has 0 aliphatic rings. The first kappa shape index (κ1) is 14.3. The van der Waals surface area contributed by atoms with Gasteiger partial charge < -0.3 is 10.6 Å². The van der Waals surface area contributed by atoms with E-state index < -0.39 is 0 Å². The third-order valence-electron chi connectivity index (χ3n) is 2.58. The average molecular weight is 246 g/mol. The number of urea groups is 1. The van der Waals surface area contributed by atoms with E-state index in [0.29, 0.717) is 0 Å². The van der Waals surface area contributed by atoms with E-state index in [1.165, 1.54) is 5.56 Å². The Balaban J connectivity index is 2.59. The first-order valence-corrected chi connectivity index (χ1v) is 6.26. The minimum absolute atomic E-state index is 0.130. The maximum Gasteiger partial charge on any atom is 0.323 e. The molecule has 3 heteroatoms. The molecule has 2 N–H and O–H groups in total. The van der Waals surface area contributed by atoms with Crippen molar-refractivity contribution in [3.63, 3.8) is 0 Å². The van der Waals surface area contributed by atoms with Crippen LogP contribution in [0.3, 0.4) is 0 Å². The molecule has 1 rings (SSSR count). The van der Waals surface area contributed by atoms with Crippen LogP contribution in [0.25, 0.3) is 0 Å². The second-order valence-electron chi connectivity index (χ2n) is 5.24. The molecule has 18 heavy (non-hydrogen) atoms. The van der Waals surface area contributed by atoms with Gasteiger partial charge >= 0.3 is 6.03 Å². The van der Waals surface area contributed by atoms with Gasteiger partial charge in [0.1, 0.15) is 0 Å². The molecule has 0 saturated heterocycles. The summed E-state index contributed by atoms with van der Waals surface area (Å²) in [7, 11) is 0. The van der Waals surface area contributed by atoms with Gasteiger partial charge in [-0.3, -0.25) is 0 Å². The van der Waals surface area contributed by atoms with Gasteiger partial charge in [0.25, 0.3) is 0 Å². The molecule has 0 heterocycles. The first-order chi connectivity index (χ1) is 8.43. The fourth-order valence-electron chi connectivity index (χ4n) is 1.47. The van der Waals surface area contributed by atoms with Gasteiger partial charge in [-0.2, -0.15) is 0 Å². The van der Waals surface area contributed by atoms with E-state index >= 15 is 0 Å². The molecular formula is C15H22N2O. The van der Waals surface area contributed by atoms with Crippen molar-refractivity contribution in [2.45, 2.75) is 39.5 Å². The molecule has 0 fully saturated rings. The van der Waals surface area contributed by atoms with E-state index in [2.05, 4.69) is 31.4 Å². The quantitative estimate of drug-likeness (QED) is 0.830. The van der Waals surface area contributed by atoms with Crippen molar-refractivity contribution >= 4 is 11.7 Å². The molecule has 0 radical (unpaired) electrons. The molecule has 0 saturated carbocycles. The number of rotatable bonds is 3. The smallest absolute Gasteiger partial charge is 0.315 e. The van der Waals surface area contributed by atoms with Crippen LogP contribution >= 0.6 is 0 Å². The summed E-state index contributed by atoms with van der Waals surface area (Å²) in [6.45, 7) is 8.51. The number of nitrogens with one attached hydrogen (secondary N) is 2. The number of benzene rings is 1. The van der Waals surface area contributed by atoms with E-state index in [1.54, 1.807) is 6.20 Å². The topological polar surface area (TPSA) is 41.1 Å². The van der Waals surface area contributed by atoms with Crippen molar-refractivity contribution < 1.29 is 4.79 Å². The maximum atomic E-state index is 11.5. The second-order valence-corrected chi connectivity index (χ2v) is 5.24. The number of carbonyl (C=O) groups excluding carboxylic acids is 1. The lowest BCUT2D eigenvalue weighted by molar-refractivity contribution is 0.255. The number of allylic oxidation sites excluding steroid dienone is 1. The van der Waals surface area contributed by atoms with E-state index in [1.807, 2.05) is 37.3 Å². The van der Waals surface area contributed by atoms with Crippen LogP contribution in [-0.2, 0) is 5.41 Å². The van der Waals surface area contributed by atoms with Crippen molar-refractivity contribution in [1.29, 1.82) is 0 Å². The lowest BCUT2D eigenvalue weighted by Crippen LogP contribution is -2.23. The zero-order chi connectivity index (χ0) is 13.6. The minimum atomic E-state index is -0.219. The summed E-state index contributed by atoms with van der Waals surface area (Å²) in [4.78, 5) is 11.5. The molecule has 1 aromatic carbocycles. The van der Waals surface area contributed by atoms with Gasteiger partial charge in [-0.15, -0.1) is 0 Å². The normalized spacial score (nSPS) is 11.6. The van der Waals surface area contributed by atoms with Crippen LogP contribution in [-0.4, -0.2) is 6.03 Å². The van der Waals surface area contributed by atoms with Gasteiger partial charge in [-0.05, 0) is 29.5 Å². The van der Waals surface area contributed by atoms with Crippen molar-refractivity contribution in [3.8, 4) is 0 Å². The highest BCUT2D eigenvalue weighted by molar-refractivity contribution is 5.89. The van der Waals surface area contributed by atoms with Gasteiger partial charge in [-0.1, -0.05) is 45.9 Å². The van der Waals surface area contributed by atoms with E-state index in [4.69, 9.17) is 0 Å². The zero-order valence-corrected chi connectivity index (χ0v) is 11.6. The van der Waals surface area contributed by atoms with E-state index in [-0.39, 0.29) is 11.4 Å². The highest BCUT2D eigenvalue weighted by atomic mass is 16.2. The Hall–Kier alpha value is -1.77. The monoisotopic (exact) mass is 246 g/mol. The lowest BCUT2D eigenvalue weighted by Gasteiger charge is -2.19. The number of hydrogen-bond acceptors (Lipinski definition) is 1. The SMILES string of the molecule is CC/C=C/NC(=O)Nc1ccc(C(C)(C)C)cc1. The van der Waals surface area contributed by atoms with Crippen LogP contribution in [0.1, 0.15) is 39.7 Å². The molecule has 3 nitrogen and oxygen atoms in total. The third-order valence-corrected chi connectivity index (χ3v) is 2.58. The fourth-order valence-corrected chi connectivity index (χ4v) is 1.47. The highest BCUT2D eigenvalue weighted by Crippen LogP contribution is 2.23. The molecule has 0 unspecified atom stereocenters. The molecule has 98 valence electrons. The summed E-state index contributed by atoms with van der Waals surface area (Å²) in [5.74, 6) is 0. The summed E-state index contributed by atoms with van der Waals surface area (Å²) < 4.78 is 0. The van der Waals surface area contributed by atoms with Crippen molar-refractivity contribution in [2.24, 2.45) is 0 Å². The molecule has 0 bridgehead atoms. The number of carbonyl (C=O) groups is 1. The summed E-state index contributed by atoms with van der Waals surface area (Å²) in [5, 5.41) is 5.42. The van der Waals surface area contributed by atoms with Gasteiger partial charge in [0.15, 0.2) is 0 Å². The molecular weight excluding hydrogens is 224 g/mol. The molecule has 0 aliphatic heterocycles. The van der Waals surface area contributed by atoms with Gasteiger partial charge in [0.2, 0.25) is 0 Å². The lowest BCUT2D eigenvalue weighted by atomic mass is 9.87. The fraction of sp³-hybridized carbons (Fsp3) is 0.400. The predicted octanol–water partition coefficient (Wildman–Crippen LogP) is 4.03. The van der Waals surface area contributed by atoms with Crippen LogP contribution in [0, 0.1) is 0 Å². The average Bonchev–Trinajstić information content (AvgIpc) is 2.29. The van der Waals surface area contributed by atoms with E-state index in [0.717, 1.165) is 12.1 Å². The van der Waals surface area contributed by atoms with Crippen LogP contribution in [0.15, 0.2) is 36.5 Å².